The molecule has 32 heavy (non-hydrogen) atoms. The Balaban J connectivity index is 2.54. The molecule has 0 fully saturated rings. The van der Waals surface area contributed by atoms with Crippen molar-refractivity contribution in [1.29, 1.82) is 0 Å². The Hall–Kier alpha value is -3.06. The molecule has 2 aromatic rings. The summed E-state index contributed by atoms with van der Waals surface area (Å²) in [5.41, 5.74) is -0.581. The summed E-state index contributed by atoms with van der Waals surface area (Å²) in [6, 6.07) is 7.31. The Morgan fingerprint density at radius 3 is 2.06 bits per heavy atom. The third-order valence-corrected chi connectivity index (χ3v) is 5.35. The molecule has 7 nitrogen and oxygen atoms in total. The number of alkyl halides is 5. The molecule has 0 aromatic heterocycles. The summed E-state index contributed by atoms with van der Waals surface area (Å²) in [5, 5.41) is -5.68. The zero-order valence-electron chi connectivity index (χ0n) is 16.4. The van der Waals surface area contributed by atoms with E-state index in [1.54, 1.807) is 0 Å². The second kappa shape index (κ2) is 8.82. The lowest BCUT2D eigenvalue weighted by molar-refractivity contribution is -0.248. The van der Waals surface area contributed by atoms with E-state index in [-0.39, 0.29) is 29.2 Å². The van der Waals surface area contributed by atoms with Crippen molar-refractivity contribution in [3.05, 3.63) is 54.1 Å². The SMILES string of the molecule is C=C(C)C(=O)Oc1ccc(C(=O)OC(C(F)(F)F)C(F)(F)S(=O)(=O)OC)c2ccccc12. The average Bonchev–Trinajstić information content (AvgIpc) is 2.70. The first-order chi connectivity index (χ1) is 14.6. The van der Waals surface area contributed by atoms with Crippen LogP contribution in [0.2, 0.25) is 0 Å². The van der Waals surface area contributed by atoms with Gasteiger partial charge in [0.25, 0.3) is 6.10 Å². The monoisotopic (exact) mass is 482 g/mol. The van der Waals surface area contributed by atoms with Gasteiger partial charge in [0, 0.05) is 11.0 Å². The second-order valence-corrected chi connectivity index (χ2v) is 8.12. The highest BCUT2D eigenvalue weighted by atomic mass is 32.2. The van der Waals surface area contributed by atoms with E-state index >= 15 is 0 Å². The lowest BCUT2D eigenvalue weighted by Gasteiger charge is -2.27. The molecule has 1 unspecified atom stereocenters. The van der Waals surface area contributed by atoms with E-state index in [1.165, 1.54) is 31.2 Å². The predicted molar refractivity (Wildman–Crippen MR) is 101 cm³/mol. The summed E-state index contributed by atoms with van der Waals surface area (Å²) in [6.45, 7) is 4.76. The molecular weight excluding hydrogens is 467 g/mol. The third kappa shape index (κ3) is 4.88. The normalized spacial score (nSPS) is 13.5. The van der Waals surface area contributed by atoms with Crippen LogP contribution in [0.3, 0.4) is 0 Å². The molecule has 1 atom stereocenters. The molecule has 0 aliphatic carbocycles. The minimum atomic E-state index is -6.08. The van der Waals surface area contributed by atoms with Crippen LogP contribution in [-0.4, -0.2) is 45.0 Å². The minimum Gasteiger partial charge on any atom is -0.441 e. The Labute approximate surface area is 178 Å². The summed E-state index contributed by atoms with van der Waals surface area (Å²) in [4.78, 5) is 24.2. The molecule has 174 valence electrons. The van der Waals surface area contributed by atoms with E-state index in [2.05, 4.69) is 15.5 Å². The van der Waals surface area contributed by atoms with Gasteiger partial charge < -0.3 is 9.47 Å². The highest BCUT2D eigenvalue weighted by molar-refractivity contribution is 7.87. The van der Waals surface area contributed by atoms with Crippen LogP contribution in [0, 0.1) is 0 Å². The van der Waals surface area contributed by atoms with Gasteiger partial charge in [0.15, 0.2) is 0 Å². The zero-order chi connectivity index (χ0) is 24.5. The van der Waals surface area contributed by atoms with Gasteiger partial charge in [0.1, 0.15) is 5.75 Å². The van der Waals surface area contributed by atoms with E-state index in [4.69, 9.17) is 4.74 Å². The molecule has 0 saturated carbocycles. The van der Waals surface area contributed by atoms with Crippen LogP contribution >= 0.6 is 0 Å². The maximum absolute atomic E-state index is 14.1. The van der Waals surface area contributed by atoms with E-state index < -0.39 is 45.2 Å². The van der Waals surface area contributed by atoms with Gasteiger partial charge in [-0.25, -0.2) is 9.59 Å². The van der Waals surface area contributed by atoms with Crippen LogP contribution in [0.5, 0.6) is 5.75 Å². The Morgan fingerprint density at radius 1 is 1.00 bits per heavy atom. The number of hydrogen-bond donors (Lipinski definition) is 0. The van der Waals surface area contributed by atoms with Crippen LogP contribution < -0.4 is 4.74 Å². The maximum Gasteiger partial charge on any atom is 0.432 e. The van der Waals surface area contributed by atoms with Gasteiger partial charge >= 0.3 is 33.5 Å². The number of halogens is 5. The van der Waals surface area contributed by atoms with E-state index in [0.717, 1.165) is 12.1 Å². The van der Waals surface area contributed by atoms with Crippen molar-refractivity contribution in [2.75, 3.05) is 7.11 Å². The number of fused-ring (bicyclic) bond motifs is 1. The van der Waals surface area contributed by atoms with Crippen molar-refractivity contribution < 1.29 is 53.6 Å². The van der Waals surface area contributed by atoms with Gasteiger partial charge in [-0.05, 0) is 24.4 Å². The molecule has 0 aliphatic heterocycles. The van der Waals surface area contributed by atoms with Gasteiger partial charge in [0.2, 0.25) is 0 Å². The van der Waals surface area contributed by atoms with Crippen molar-refractivity contribution in [2.45, 2.75) is 24.5 Å². The van der Waals surface area contributed by atoms with Crippen molar-refractivity contribution in [3.8, 4) is 5.75 Å². The molecule has 0 aliphatic rings. The van der Waals surface area contributed by atoms with Crippen LogP contribution in [0.15, 0.2) is 48.6 Å². The summed E-state index contributed by atoms with van der Waals surface area (Å²) in [7, 11) is -5.84. The van der Waals surface area contributed by atoms with Crippen LogP contribution in [-0.2, 0) is 23.8 Å². The first kappa shape index (κ1) is 25.2. The first-order valence-corrected chi connectivity index (χ1v) is 9.89. The quantitative estimate of drug-likeness (QED) is 0.194. The Bertz CT molecular complexity index is 1170. The van der Waals surface area contributed by atoms with Gasteiger partial charge in [-0.15, -0.1) is 0 Å². The summed E-state index contributed by atoms with van der Waals surface area (Å²) < 4.78 is 103. The number of ether oxygens (including phenoxy) is 2. The summed E-state index contributed by atoms with van der Waals surface area (Å²) in [6.07, 6.45) is -10.3. The third-order valence-electron chi connectivity index (χ3n) is 4.04. The van der Waals surface area contributed by atoms with Crippen LogP contribution in [0.1, 0.15) is 17.3 Å². The van der Waals surface area contributed by atoms with Gasteiger partial charge in [-0.3, -0.25) is 4.18 Å². The van der Waals surface area contributed by atoms with Gasteiger partial charge in [-0.1, -0.05) is 30.8 Å². The number of rotatable bonds is 7. The molecule has 0 amide bonds. The minimum absolute atomic E-state index is 0.0344. The van der Waals surface area contributed by atoms with E-state index in [9.17, 15) is 40.0 Å². The van der Waals surface area contributed by atoms with Crippen LogP contribution in [0.4, 0.5) is 22.0 Å². The van der Waals surface area contributed by atoms with Crippen molar-refractivity contribution in [1.82, 2.24) is 0 Å². The summed E-state index contributed by atoms with van der Waals surface area (Å²) in [5.74, 6) is -2.82. The molecule has 0 saturated heterocycles. The van der Waals surface area contributed by atoms with E-state index in [0.29, 0.717) is 0 Å². The average molecular weight is 482 g/mol. The molecule has 13 heteroatoms. The second-order valence-electron chi connectivity index (χ2n) is 6.34. The molecular formula is C19H15F5O7S. The number of carbonyl (C=O) groups excluding carboxylic acids is 2. The van der Waals surface area contributed by atoms with Crippen molar-refractivity contribution in [3.63, 3.8) is 0 Å². The number of esters is 2. The molecule has 0 heterocycles. The fraction of sp³-hybridized carbons (Fsp3) is 0.263. The number of benzene rings is 2. The molecule has 2 aromatic carbocycles. The predicted octanol–water partition coefficient (Wildman–Crippen LogP) is 3.98. The Morgan fingerprint density at radius 2 is 1.56 bits per heavy atom. The highest BCUT2D eigenvalue weighted by Gasteiger charge is 2.66. The summed E-state index contributed by atoms with van der Waals surface area (Å²) >= 11 is 0. The Kier molecular flexibility index (Phi) is 6.95. The topological polar surface area (TPSA) is 96.0 Å². The molecule has 0 radical (unpaired) electrons. The smallest absolute Gasteiger partial charge is 0.432 e. The van der Waals surface area contributed by atoms with Gasteiger partial charge in [0.05, 0.1) is 12.7 Å². The maximum atomic E-state index is 14.1. The lowest BCUT2D eigenvalue weighted by Crippen LogP contribution is -2.52. The molecule has 0 N–H and O–H groups in total. The fourth-order valence-corrected chi connectivity index (χ4v) is 3.13. The fourth-order valence-electron chi connectivity index (χ4n) is 2.46. The molecule has 2 rings (SSSR count). The first-order valence-electron chi connectivity index (χ1n) is 8.48. The standard InChI is InChI=1S/C19H15F5O7S/c1-10(2)15(25)30-14-9-8-13(11-6-4-5-7-12(11)14)16(26)31-17(18(20,21)22)19(23,24)32(27,28)29-3/h4-9,17H,1H2,2-3H3. The van der Waals surface area contributed by atoms with E-state index in [1.807, 2.05) is 0 Å². The van der Waals surface area contributed by atoms with Crippen LogP contribution in [0.25, 0.3) is 10.8 Å². The number of hydrogen-bond acceptors (Lipinski definition) is 7. The van der Waals surface area contributed by atoms with Gasteiger partial charge in [-0.2, -0.15) is 30.4 Å². The van der Waals surface area contributed by atoms with Crippen molar-refractivity contribution >= 4 is 32.8 Å². The highest BCUT2D eigenvalue weighted by Crippen LogP contribution is 2.40. The lowest BCUT2D eigenvalue weighted by atomic mass is 10.0. The molecule has 0 bridgehead atoms. The van der Waals surface area contributed by atoms with Crippen molar-refractivity contribution in [2.24, 2.45) is 0 Å². The largest absolute Gasteiger partial charge is 0.441 e. The number of carbonyl (C=O) groups is 2. The molecule has 0 spiro atoms. The zero-order valence-corrected chi connectivity index (χ0v) is 17.2.